The Bertz CT molecular complexity index is 133. The van der Waals surface area contributed by atoms with Crippen LogP contribution in [0.25, 0.3) is 0 Å². The number of carbonyl (C=O) groups excluding carboxylic acids is 1. The van der Waals surface area contributed by atoms with Crippen LogP contribution in [-0.2, 0) is 4.79 Å². The highest BCUT2D eigenvalue weighted by molar-refractivity contribution is 5.77. The third-order valence-electron chi connectivity index (χ3n) is 1.25. The van der Waals surface area contributed by atoms with E-state index < -0.39 is 0 Å². The van der Waals surface area contributed by atoms with E-state index in [1.807, 2.05) is 0 Å². The van der Waals surface area contributed by atoms with Crippen LogP contribution in [0, 0.1) is 0 Å². The summed E-state index contributed by atoms with van der Waals surface area (Å²) in [5.74, 6) is 0.162. The van der Waals surface area contributed by atoms with Crippen LogP contribution in [0.2, 0.25) is 0 Å². The van der Waals surface area contributed by atoms with E-state index in [0.29, 0.717) is 13.0 Å². The van der Waals surface area contributed by atoms with Gasteiger partial charge in [-0.15, -0.1) is 6.58 Å². The Labute approximate surface area is 54.3 Å². The lowest BCUT2D eigenvalue weighted by molar-refractivity contribution is -0.128. The first-order chi connectivity index (χ1) is 4.34. The van der Waals surface area contributed by atoms with Crippen LogP contribution in [-0.4, -0.2) is 24.0 Å². The van der Waals surface area contributed by atoms with Gasteiger partial charge in [0.25, 0.3) is 0 Å². The Balaban J connectivity index is 2.39. The van der Waals surface area contributed by atoms with E-state index in [4.69, 9.17) is 0 Å². The molecule has 0 aromatic heterocycles. The SMILES string of the molecule is C=CCN1NCCC1=O. The van der Waals surface area contributed by atoms with Crippen LogP contribution in [0.1, 0.15) is 6.42 Å². The summed E-state index contributed by atoms with van der Waals surface area (Å²) in [7, 11) is 0. The lowest BCUT2D eigenvalue weighted by Crippen LogP contribution is -2.33. The molecule has 1 saturated heterocycles. The van der Waals surface area contributed by atoms with Gasteiger partial charge in [-0.1, -0.05) is 6.08 Å². The van der Waals surface area contributed by atoms with Crippen LogP contribution in [0.5, 0.6) is 0 Å². The Morgan fingerprint density at radius 2 is 2.67 bits per heavy atom. The van der Waals surface area contributed by atoms with Gasteiger partial charge in [-0.25, -0.2) is 5.43 Å². The standard InChI is InChI=1S/C6H10N2O/c1-2-5-8-6(9)3-4-7-8/h2,7H,1,3-5H2. The van der Waals surface area contributed by atoms with Crippen molar-refractivity contribution in [3.63, 3.8) is 0 Å². The molecular formula is C6H10N2O. The normalized spacial score (nSPS) is 18.7. The number of nitrogens with zero attached hydrogens (tertiary/aromatic N) is 1. The summed E-state index contributed by atoms with van der Waals surface area (Å²) < 4.78 is 0. The van der Waals surface area contributed by atoms with Crippen LogP contribution in [0.4, 0.5) is 0 Å². The van der Waals surface area contributed by atoms with Gasteiger partial charge in [-0.05, 0) is 0 Å². The number of hydrogen-bond acceptors (Lipinski definition) is 2. The maximum Gasteiger partial charge on any atom is 0.238 e. The fraction of sp³-hybridized carbons (Fsp3) is 0.500. The largest absolute Gasteiger partial charge is 0.274 e. The van der Waals surface area contributed by atoms with Crippen molar-refractivity contribution in [2.24, 2.45) is 0 Å². The molecule has 3 heteroatoms. The summed E-state index contributed by atoms with van der Waals surface area (Å²) in [6, 6.07) is 0. The molecule has 0 aliphatic carbocycles. The molecular weight excluding hydrogens is 116 g/mol. The highest BCUT2D eigenvalue weighted by atomic mass is 16.2. The predicted octanol–water partition coefficient (Wildman–Crippen LogP) is -0.0907. The van der Waals surface area contributed by atoms with Crippen molar-refractivity contribution >= 4 is 5.91 Å². The Morgan fingerprint density at radius 3 is 3.11 bits per heavy atom. The molecule has 1 amide bonds. The average molecular weight is 126 g/mol. The van der Waals surface area contributed by atoms with Gasteiger partial charge in [0.15, 0.2) is 0 Å². The van der Waals surface area contributed by atoms with E-state index in [2.05, 4.69) is 12.0 Å². The highest BCUT2D eigenvalue weighted by Crippen LogP contribution is 1.96. The van der Waals surface area contributed by atoms with Crippen LogP contribution in [0.3, 0.4) is 0 Å². The third kappa shape index (κ3) is 1.29. The smallest absolute Gasteiger partial charge is 0.238 e. The average Bonchev–Trinajstić information content (AvgIpc) is 2.18. The van der Waals surface area contributed by atoms with E-state index in [1.165, 1.54) is 0 Å². The van der Waals surface area contributed by atoms with Crippen LogP contribution in [0.15, 0.2) is 12.7 Å². The van der Waals surface area contributed by atoms with Gasteiger partial charge in [0, 0.05) is 13.0 Å². The second-order valence-electron chi connectivity index (χ2n) is 1.95. The quantitative estimate of drug-likeness (QED) is 0.524. The summed E-state index contributed by atoms with van der Waals surface area (Å²) in [6.07, 6.45) is 2.32. The van der Waals surface area contributed by atoms with Crippen molar-refractivity contribution in [3.05, 3.63) is 12.7 Å². The molecule has 3 nitrogen and oxygen atoms in total. The lowest BCUT2D eigenvalue weighted by Gasteiger charge is -2.11. The zero-order valence-corrected chi connectivity index (χ0v) is 5.26. The first kappa shape index (κ1) is 6.29. The van der Waals surface area contributed by atoms with Crippen molar-refractivity contribution in [2.45, 2.75) is 6.42 Å². The molecule has 0 saturated carbocycles. The summed E-state index contributed by atoms with van der Waals surface area (Å²) in [5, 5.41) is 1.58. The molecule has 1 aliphatic rings. The summed E-state index contributed by atoms with van der Waals surface area (Å²) >= 11 is 0. The van der Waals surface area contributed by atoms with Gasteiger partial charge in [-0.3, -0.25) is 9.80 Å². The van der Waals surface area contributed by atoms with Crippen molar-refractivity contribution in [3.8, 4) is 0 Å². The number of nitrogens with one attached hydrogen (secondary N) is 1. The molecule has 1 aliphatic heterocycles. The lowest BCUT2D eigenvalue weighted by atomic mass is 10.4. The van der Waals surface area contributed by atoms with E-state index in [9.17, 15) is 4.79 Å². The first-order valence-electron chi connectivity index (χ1n) is 2.99. The molecule has 0 aromatic rings. The number of amides is 1. The molecule has 1 fully saturated rings. The molecule has 0 radical (unpaired) electrons. The minimum atomic E-state index is 0.162. The Hall–Kier alpha value is -0.830. The van der Waals surface area contributed by atoms with Crippen LogP contribution >= 0.6 is 0 Å². The van der Waals surface area contributed by atoms with Gasteiger partial charge < -0.3 is 0 Å². The molecule has 1 N–H and O–H groups in total. The molecule has 50 valence electrons. The fourth-order valence-corrected chi connectivity index (χ4v) is 0.816. The molecule has 9 heavy (non-hydrogen) atoms. The van der Waals surface area contributed by atoms with Gasteiger partial charge in [0.2, 0.25) is 5.91 Å². The topological polar surface area (TPSA) is 32.3 Å². The van der Waals surface area contributed by atoms with Gasteiger partial charge in [0.05, 0.1) is 6.54 Å². The van der Waals surface area contributed by atoms with E-state index >= 15 is 0 Å². The van der Waals surface area contributed by atoms with Gasteiger partial charge in [0.1, 0.15) is 0 Å². The van der Waals surface area contributed by atoms with E-state index in [-0.39, 0.29) is 5.91 Å². The number of rotatable bonds is 2. The van der Waals surface area contributed by atoms with Crippen molar-refractivity contribution < 1.29 is 4.79 Å². The number of hydrazine groups is 1. The van der Waals surface area contributed by atoms with E-state index in [0.717, 1.165) is 6.54 Å². The fourth-order valence-electron chi connectivity index (χ4n) is 0.816. The molecule has 1 heterocycles. The highest BCUT2D eigenvalue weighted by Gasteiger charge is 2.17. The summed E-state index contributed by atoms with van der Waals surface area (Å²) in [4.78, 5) is 10.8. The minimum Gasteiger partial charge on any atom is -0.274 e. The molecule has 1 rings (SSSR count). The minimum absolute atomic E-state index is 0.162. The van der Waals surface area contributed by atoms with Crippen molar-refractivity contribution in [2.75, 3.05) is 13.1 Å². The first-order valence-corrected chi connectivity index (χ1v) is 2.99. The second kappa shape index (κ2) is 2.64. The second-order valence-corrected chi connectivity index (χ2v) is 1.95. The summed E-state index contributed by atoms with van der Waals surface area (Å²) in [6.45, 7) is 4.91. The molecule has 0 atom stereocenters. The predicted molar refractivity (Wildman–Crippen MR) is 34.5 cm³/mol. The maximum atomic E-state index is 10.8. The van der Waals surface area contributed by atoms with Gasteiger partial charge in [-0.2, -0.15) is 0 Å². The Kier molecular flexibility index (Phi) is 1.85. The molecule has 0 spiro atoms. The van der Waals surface area contributed by atoms with Crippen molar-refractivity contribution in [1.82, 2.24) is 10.4 Å². The van der Waals surface area contributed by atoms with E-state index in [1.54, 1.807) is 11.1 Å². The monoisotopic (exact) mass is 126 g/mol. The third-order valence-corrected chi connectivity index (χ3v) is 1.25. The number of carbonyl (C=O) groups is 1. The zero-order chi connectivity index (χ0) is 6.69. The van der Waals surface area contributed by atoms with Gasteiger partial charge >= 0.3 is 0 Å². The zero-order valence-electron chi connectivity index (χ0n) is 5.26. The molecule has 0 aromatic carbocycles. The molecule has 0 bridgehead atoms. The number of hydrogen-bond donors (Lipinski definition) is 1. The molecule has 0 unspecified atom stereocenters. The summed E-state index contributed by atoms with van der Waals surface area (Å²) in [5.41, 5.74) is 2.92. The van der Waals surface area contributed by atoms with Crippen molar-refractivity contribution in [1.29, 1.82) is 0 Å². The van der Waals surface area contributed by atoms with Crippen LogP contribution < -0.4 is 5.43 Å². The maximum absolute atomic E-state index is 10.8. The Morgan fingerprint density at radius 1 is 1.89 bits per heavy atom.